The van der Waals surface area contributed by atoms with E-state index in [0.29, 0.717) is 11.3 Å². The fourth-order valence-corrected chi connectivity index (χ4v) is 3.20. The number of carbonyl (C=O) groups is 1. The van der Waals surface area contributed by atoms with Crippen LogP contribution >= 0.6 is 0 Å². The second-order valence-corrected chi connectivity index (χ2v) is 7.17. The van der Waals surface area contributed by atoms with Gasteiger partial charge in [0, 0.05) is 18.8 Å². The van der Waals surface area contributed by atoms with Gasteiger partial charge in [0.15, 0.2) is 9.84 Å². The maximum absolute atomic E-state index is 12.0. The highest BCUT2D eigenvalue weighted by Gasteiger charge is 2.24. The molecule has 1 aliphatic heterocycles. The number of anilines is 1. The molecule has 0 aliphatic carbocycles. The largest absolute Gasteiger partial charge is 0.389 e. The monoisotopic (exact) mass is 298 g/mol. The molecule has 1 saturated heterocycles. The third-order valence-electron chi connectivity index (χ3n) is 3.25. The fraction of sp³-hybridized carbons (Fsp3) is 0.462. The highest BCUT2D eigenvalue weighted by Crippen LogP contribution is 2.17. The first-order valence-corrected chi connectivity index (χ1v) is 8.24. The number of benzene rings is 1. The molecule has 0 aromatic heterocycles. The van der Waals surface area contributed by atoms with Crippen LogP contribution in [0.15, 0.2) is 24.3 Å². The summed E-state index contributed by atoms with van der Waals surface area (Å²) in [5, 5.41) is 12.2. The normalized spacial score (nSPS) is 19.4. The van der Waals surface area contributed by atoms with Gasteiger partial charge < -0.3 is 15.3 Å². The zero-order chi connectivity index (χ0) is 14.8. The van der Waals surface area contributed by atoms with Gasteiger partial charge in [0.2, 0.25) is 0 Å². The van der Waals surface area contributed by atoms with Crippen LogP contribution in [-0.2, 0) is 9.84 Å². The summed E-state index contributed by atoms with van der Waals surface area (Å²) in [5.41, 5.74) is 1.30. The Morgan fingerprint density at radius 1 is 1.35 bits per heavy atom. The zero-order valence-corrected chi connectivity index (χ0v) is 12.1. The number of hydrogen-bond donors (Lipinski definition) is 2. The van der Waals surface area contributed by atoms with Crippen molar-refractivity contribution in [3.8, 4) is 0 Å². The Balaban J connectivity index is 2.00. The summed E-state index contributed by atoms with van der Waals surface area (Å²) >= 11 is 0. The van der Waals surface area contributed by atoms with Crippen LogP contribution < -0.4 is 5.32 Å². The third-order valence-corrected chi connectivity index (χ3v) is 4.86. The number of carbonyl (C=O) groups excluding carboxylic acids is 1. The molecule has 0 saturated carbocycles. The SMILES string of the molecule is CC(O)c1cccc(NC(=O)N2CCS(=O)(=O)CC2)c1. The van der Waals surface area contributed by atoms with Crippen molar-refractivity contribution < 1.29 is 18.3 Å². The van der Waals surface area contributed by atoms with Gasteiger partial charge in [-0.05, 0) is 24.6 Å². The van der Waals surface area contributed by atoms with Crippen LogP contribution in [0.1, 0.15) is 18.6 Å². The highest BCUT2D eigenvalue weighted by molar-refractivity contribution is 7.91. The molecule has 2 N–H and O–H groups in total. The summed E-state index contributed by atoms with van der Waals surface area (Å²) < 4.78 is 22.6. The number of aliphatic hydroxyl groups excluding tert-OH is 1. The van der Waals surface area contributed by atoms with E-state index in [1.165, 1.54) is 4.90 Å². The van der Waals surface area contributed by atoms with Gasteiger partial charge in [-0.1, -0.05) is 12.1 Å². The third kappa shape index (κ3) is 3.71. The average molecular weight is 298 g/mol. The van der Waals surface area contributed by atoms with Crippen molar-refractivity contribution in [2.24, 2.45) is 0 Å². The number of rotatable bonds is 2. The van der Waals surface area contributed by atoms with Crippen molar-refractivity contribution in [2.45, 2.75) is 13.0 Å². The Hall–Kier alpha value is -1.60. The van der Waals surface area contributed by atoms with Gasteiger partial charge >= 0.3 is 6.03 Å². The molecule has 2 amide bonds. The van der Waals surface area contributed by atoms with Crippen LogP contribution in [0, 0.1) is 0 Å². The minimum absolute atomic E-state index is 0.00807. The van der Waals surface area contributed by atoms with Crippen molar-refractivity contribution >= 4 is 21.6 Å². The number of sulfone groups is 1. The number of amides is 2. The summed E-state index contributed by atoms with van der Waals surface area (Å²) in [6.45, 7) is 2.07. The molecule has 0 spiro atoms. The molecule has 1 aromatic rings. The predicted octanol–water partition coefficient (Wildman–Crippen LogP) is 1.00. The van der Waals surface area contributed by atoms with Crippen LogP contribution in [0.2, 0.25) is 0 Å². The first kappa shape index (κ1) is 14.8. The molecule has 110 valence electrons. The molecule has 7 heteroatoms. The minimum atomic E-state index is -2.99. The molecule has 6 nitrogen and oxygen atoms in total. The molecule has 1 fully saturated rings. The van der Waals surface area contributed by atoms with E-state index < -0.39 is 15.9 Å². The molecular weight excluding hydrogens is 280 g/mol. The predicted molar refractivity (Wildman–Crippen MR) is 76.3 cm³/mol. The molecule has 0 radical (unpaired) electrons. The molecule has 20 heavy (non-hydrogen) atoms. The number of nitrogens with zero attached hydrogens (tertiary/aromatic N) is 1. The molecule has 0 bridgehead atoms. The molecule has 1 heterocycles. The van der Waals surface area contributed by atoms with Gasteiger partial charge in [0.25, 0.3) is 0 Å². The minimum Gasteiger partial charge on any atom is -0.389 e. The summed E-state index contributed by atoms with van der Waals surface area (Å²) in [6.07, 6.45) is -0.605. The molecule has 1 unspecified atom stereocenters. The maximum Gasteiger partial charge on any atom is 0.321 e. The number of aliphatic hydroxyl groups is 1. The van der Waals surface area contributed by atoms with Gasteiger partial charge in [-0.25, -0.2) is 13.2 Å². The topological polar surface area (TPSA) is 86.7 Å². The lowest BCUT2D eigenvalue weighted by Crippen LogP contribution is -2.45. The quantitative estimate of drug-likeness (QED) is 0.853. The van der Waals surface area contributed by atoms with Gasteiger partial charge in [0.05, 0.1) is 17.6 Å². The van der Waals surface area contributed by atoms with Crippen molar-refractivity contribution in [1.82, 2.24) is 4.90 Å². The van der Waals surface area contributed by atoms with E-state index in [1.54, 1.807) is 31.2 Å². The van der Waals surface area contributed by atoms with Gasteiger partial charge in [-0.2, -0.15) is 0 Å². The highest BCUT2D eigenvalue weighted by atomic mass is 32.2. The van der Waals surface area contributed by atoms with Crippen LogP contribution in [0.4, 0.5) is 10.5 Å². The Morgan fingerprint density at radius 2 is 2.00 bits per heavy atom. The molecular formula is C13H18N2O4S. The standard InChI is InChI=1S/C13H18N2O4S/c1-10(16)11-3-2-4-12(9-11)14-13(17)15-5-7-20(18,19)8-6-15/h2-4,9-10,16H,5-8H2,1H3,(H,14,17). The van der Waals surface area contributed by atoms with Gasteiger partial charge in [-0.3, -0.25) is 0 Å². The van der Waals surface area contributed by atoms with Crippen molar-refractivity contribution in [3.05, 3.63) is 29.8 Å². The van der Waals surface area contributed by atoms with Crippen LogP contribution in [0.5, 0.6) is 0 Å². The fourth-order valence-electron chi connectivity index (χ4n) is 1.99. The van der Waals surface area contributed by atoms with E-state index >= 15 is 0 Å². The van der Waals surface area contributed by atoms with E-state index in [2.05, 4.69) is 5.32 Å². The number of hydrogen-bond acceptors (Lipinski definition) is 4. The van der Waals surface area contributed by atoms with E-state index in [1.807, 2.05) is 0 Å². The van der Waals surface area contributed by atoms with Crippen molar-refractivity contribution in [1.29, 1.82) is 0 Å². The van der Waals surface area contributed by atoms with E-state index in [9.17, 15) is 18.3 Å². The molecule has 2 rings (SSSR count). The Bertz CT molecular complexity index is 584. The van der Waals surface area contributed by atoms with Crippen LogP contribution in [0.25, 0.3) is 0 Å². The number of nitrogens with one attached hydrogen (secondary N) is 1. The summed E-state index contributed by atoms with van der Waals surface area (Å²) in [7, 11) is -2.99. The summed E-state index contributed by atoms with van der Waals surface area (Å²) in [6, 6.07) is 6.63. The van der Waals surface area contributed by atoms with Gasteiger partial charge in [-0.15, -0.1) is 0 Å². The molecule has 1 aliphatic rings. The second kappa shape index (κ2) is 5.80. The van der Waals surface area contributed by atoms with Crippen molar-refractivity contribution in [3.63, 3.8) is 0 Å². The first-order valence-electron chi connectivity index (χ1n) is 6.42. The summed E-state index contributed by atoms with van der Waals surface area (Å²) in [5.74, 6) is 0.0161. The zero-order valence-electron chi connectivity index (χ0n) is 11.2. The Labute approximate surface area is 118 Å². The lowest BCUT2D eigenvalue weighted by Gasteiger charge is -2.26. The summed E-state index contributed by atoms with van der Waals surface area (Å²) in [4.78, 5) is 13.5. The van der Waals surface area contributed by atoms with E-state index in [0.717, 1.165) is 0 Å². The Kier molecular flexibility index (Phi) is 4.29. The second-order valence-electron chi connectivity index (χ2n) is 4.87. The lowest BCUT2D eigenvalue weighted by molar-refractivity contribution is 0.199. The maximum atomic E-state index is 12.0. The Morgan fingerprint density at radius 3 is 2.60 bits per heavy atom. The van der Waals surface area contributed by atoms with E-state index in [-0.39, 0.29) is 30.6 Å². The average Bonchev–Trinajstić information content (AvgIpc) is 2.38. The first-order chi connectivity index (χ1) is 9.37. The van der Waals surface area contributed by atoms with Crippen LogP contribution in [-0.4, -0.2) is 49.1 Å². The molecule has 1 aromatic carbocycles. The number of urea groups is 1. The molecule has 1 atom stereocenters. The van der Waals surface area contributed by atoms with Crippen LogP contribution in [0.3, 0.4) is 0 Å². The lowest BCUT2D eigenvalue weighted by atomic mass is 10.1. The smallest absolute Gasteiger partial charge is 0.321 e. The van der Waals surface area contributed by atoms with Crippen molar-refractivity contribution in [2.75, 3.05) is 29.9 Å². The van der Waals surface area contributed by atoms with Gasteiger partial charge in [0.1, 0.15) is 0 Å². The van der Waals surface area contributed by atoms with E-state index in [4.69, 9.17) is 0 Å².